The standard InChI is InChI=1S/C13H12N2O2/c1-15(12-4-2-3-9-14-12)13(17)10-5-7-11(16)8-6-10/h2-9,16H,1H3. The second kappa shape index (κ2) is 4.65. The molecule has 0 aliphatic rings. The summed E-state index contributed by atoms with van der Waals surface area (Å²) in [5, 5.41) is 9.16. The summed E-state index contributed by atoms with van der Waals surface area (Å²) in [7, 11) is 1.66. The zero-order chi connectivity index (χ0) is 12.3. The van der Waals surface area contributed by atoms with E-state index in [0.29, 0.717) is 11.4 Å². The average Bonchev–Trinajstić information content (AvgIpc) is 2.39. The maximum Gasteiger partial charge on any atom is 0.259 e. The molecule has 0 radical (unpaired) electrons. The van der Waals surface area contributed by atoms with Crippen LogP contribution in [0.2, 0.25) is 0 Å². The Morgan fingerprint density at radius 3 is 2.47 bits per heavy atom. The van der Waals surface area contributed by atoms with Gasteiger partial charge >= 0.3 is 0 Å². The van der Waals surface area contributed by atoms with Crippen LogP contribution in [0.25, 0.3) is 0 Å². The number of anilines is 1. The lowest BCUT2D eigenvalue weighted by molar-refractivity contribution is 0.0992. The highest BCUT2D eigenvalue weighted by molar-refractivity contribution is 6.05. The van der Waals surface area contributed by atoms with Crippen molar-refractivity contribution in [2.45, 2.75) is 0 Å². The third-order valence-corrected chi connectivity index (χ3v) is 2.41. The number of carbonyl (C=O) groups is 1. The summed E-state index contributed by atoms with van der Waals surface area (Å²) in [6, 6.07) is 11.5. The normalized spacial score (nSPS) is 9.94. The van der Waals surface area contributed by atoms with Gasteiger partial charge in [0.05, 0.1) is 0 Å². The van der Waals surface area contributed by atoms with Crippen molar-refractivity contribution in [1.82, 2.24) is 4.98 Å². The molecule has 0 aliphatic carbocycles. The summed E-state index contributed by atoms with van der Waals surface area (Å²) in [5.74, 6) is 0.566. The molecule has 0 atom stereocenters. The van der Waals surface area contributed by atoms with Gasteiger partial charge in [0.15, 0.2) is 0 Å². The Morgan fingerprint density at radius 1 is 1.18 bits per heavy atom. The molecule has 1 amide bonds. The highest BCUT2D eigenvalue weighted by Crippen LogP contribution is 2.14. The predicted molar refractivity (Wildman–Crippen MR) is 65.1 cm³/mol. The third-order valence-electron chi connectivity index (χ3n) is 2.41. The molecule has 1 aromatic carbocycles. The number of phenols is 1. The van der Waals surface area contributed by atoms with Crippen molar-refractivity contribution in [2.75, 3.05) is 11.9 Å². The number of nitrogens with zero attached hydrogens (tertiary/aromatic N) is 2. The summed E-state index contributed by atoms with van der Waals surface area (Å²) in [6.45, 7) is 0. The van der Waals surface area contributed by atoms with Crippen molar-refractivity contribution < 1.29 is 9.90 Å². The monoisotopic (exact) mass is 228 g/mol. The van der Waals surface area contributed by atoms with Crippen LogP contribution >= 0.6 is 0 Å². The summed E-state index contributed by atoms with van der Waals surface area (Å²) >= 11 is 0. The van der Waals surface area contributed by atoms with Gasteiger partial charge in [0.25, 0.3) is 5.91 Å². The van der Waals surface area contributed by atoms with Crippen molar-refractivity contribution in [3.8, 4) is 5.75 Å². The van der Waals surface area contributed by atoms with E-state index in [4.69, 9.17) is 5.11 Å². The molecule has 2 rings (SSSR count). The minimum absolute atomic E-state index is 0.141. The van der Waals surface area contributed by atoms with Crippen LogP contribution in [-0.4, -0.2) is 23.0 Å². The highest BCUT2D eigenvalue weighted by atomic mass is 16.3. The van der Waals surface area contributed by atoms with Gasteiger partial charge in [-0.25, -0.2) is 4.98 Å². The first-order chi connectivity index (χ1) is 8.18. The van der Waals surface area contributed by atoms with E-state index in [9.17, 15) is 4.79 Å². The van der Waals surface area contributed by atoms with Gasteiger partial charge in [-0.1, -0.05) is 6.07 Å². The molecule has 1 aromatic heterocycles. The topological polar surface area (TPSA) is 53.4 Å². The Bertz CT molecular complexity index is 509. The molecule has 86 valence electrons. The number of aromatic hydroxyl groups is 1. The fraction of sp³-hybridized carbons (Fsp3) is 0.0769. The zero-order valence-electron chi connectivity index (χ0n) is 9.37. The van der Waals surface area contributed by atoms with Crippen LogP contribution < -0.4 is 4.90 Å². The molecule has 4 nitrogen and oxygen atoms in total. The van der Waals surface area contributed by atoms with Gasteiger partial charge in [0, 0.05) is 18.8 Å². The number of benzene rings is 1. The van der Waals surface area contributed by atoms with Gasteiger partial charge in [0.1, 0.15) is 11.6 Å². The molecule has 2 aromatic rings. The molecule has 0 saturated carbocycles. The Balaban J connectivity index is 2.23. The van der Waals surface area contributed by atoms with Crippen LogP contribution in [0.15, 0.2) is 48.7 Å². The van der Waals surface area contributed by atoms with Gasteiger partial charge in [0.2, 0.25) is 0 Å². The maximum absolute atomic E-state index is 12.1. The van der Waals surface area contributed by atoms with Gasteiger partial charge in [-0.2, -0.15) is 0 Å². The first kappa shape index (κ1) is 11.1. The lowest BCUT2D eigenvalue weighted by Crippen LogP contribution is -2.26. The second-order valence-corrected chi connectivity index (χ2v) is 3.60. The van der Waals surface area contributed by atoms with Crippen LogP contribution in [0.5, 0.6) is 5.75 Å². The van der Waals surface area contributed by atoms with Crippen molar-refractivity contribution in [3.05, 3.63) is 54.2 Å². The number of amides is 1. The molecule has 17 heavy (non-hydrogen) atoms. The number of phenolic OH excluding ortho intramolecular Hbond substituents is 1. The van der Waals surface area contributed by atoms with E-state index in [1.165, 1.54) is 17.0 Å². The van der Waals surface area contributed by atoms with E-state index in [-0.39, 0.29) is 11.7 Å². The molecule has 1 heterocycles. The molecular formula is C13H12N2O2. The maximum atomic E-state index is 12.1. The highest BCUT2D eigenvalue weighted by Gasteiger charge is 2.13. The van der Waals surface area contributed by atoms with Gasteiger partial charge in [-0.3, -0.25) is 9.69 Å². The Hall–Kier alpha value is -2.36. The lowest BCUT2D eigenvalue weighted by atomic mass is 10.2. The average molecular weight is 228 g/mol. The third kappa shape index (κ3) is 2.42. The number of hydrogen-bond donors (Lipinski definition) is 1. The Kier molecular flexibility index (Phi) is 3.05. The minimum atomic E-state index is -0.163. The molecule has 0 aliphatic heterocycles. The summed E-state index contributed by atoms with van der Waals surface area (Å²) in [6.07, 6.45) is 1.63. The molecule has 0 fully saturated rings. The quantitative estimate of drug-likeness (QED) is 0.856. The van der Waals surface area contributed by atoms with E-state index >= 15 is 0 Å². The van der Waals surface area contributed by atoms with Crippen molar-refractivity contribution in [3.63, 3.8) is 0 Å². The Morgan fingerprint density at radius 2 is 1.88 bits per heavy atom. The molecule has 0 spiro atoms. The molecule has 0 saturated heterocycles. The predicted octanol–water partition coefficient (Wildman–Crippen LogP) is 2.06. The van der Waals surface area contributed by atoms with Crippen LogP contribution in [0.3, 0.4) is 0 Å². The van der Waals surface area contributed by atoms with Crippen molar-refractivity contribution >= 4 is 11.7 Å². The van der Waals surface area contributed by atoms with E-state index in [1.807, 2.05) is 6.07 Å². The smallest absolute Gasteiger partial charge is 0.259 e. The summed E-state index contributed by atoms with van der Waals surface area (Å²) in [4.78, 5) is 17.6. The molecule has 0 unspecified atom stereocenters. The zero-order valence-corrected chi connectivity index (χ0v) is 9.37. The number of pyridine rings is 1. The van der Waals surface area contributed by atoms with E-state index in [1.54, 1.807) is 37.5 Å². The first-order valence-corrected chi connectivity index (χ1v) is 5.16. The molecular weight excluding hydrogens is 216 g/mol. The fourth-order valence-corrected chi connectivity index (χ4v) is 1.45. The van der Waals surface area contributed by atoms with Gasteiger partial charge in [-0.15, -0.1) is 0 Å². The summed E-state index contributed by atoms with van der Waals surface area (Å²) in [5.41, 5.74) is 0.510. The minimum Gasteiger partial charge on any atom is -0.508 e. The van der Waals surface area contributed by atoms with Crippen molar-refractivity contribution in [1.29, 1.82) is 0 Å². The number of rotatable bonds is 2. The molecule has 4 heteroatoms. The van der Waals surface area contributed by atoms with Gasteiger partial charge < -0.3 is 5.11 Å². The van der Waals surface area contributed by atoms with Crippen LogP contribution in [0.4, 0.5) is 5.82 Å². The summed E-state index contributed by atoms with van der Waals surface area (Å²) < 4.78 is 0. The fourth-order valence-electron chi connectivity index (χ4n) is 1.45. The van der Waals surface area contributed by atoms with Crippen LogP contribution in [0.1, 0.15) is 10.4 Å². The van der Waals surface area contributed by atoms with E-state index in [2.05, 4.69) is 4.98 Å². The van der Waals surface area contributed by atoms with E-state index in [0.717, 1.165) is 0 Å². The van der Waals surface area contributed by atoms with E-state index < -0.39 is 0 Å². The molecule has 1 N–H and O–H groups in total. The van der Waals surface area contributed by atoms with Crippen LogP contribution in [-0.2, 0) is 0 Å². The first-order valence-electron chi connectivity index (χ1n) is 5.16. The Labute approximate surface area is 99.2 Å². The number of aromatic nitrogens is 1. The molecule has 0 bridgehead atoms. The largest absolute Gasteiger partial charge is 0.508 e. The van der Waals surface area contributed by atoms with Crippen LogP contribution in [0, 0.1) is 0 Å². The van der Waals surface area contributed by atoms with Gasteiger partial charge in [-0.05, 0) is 36.4 Å². The lowest BCUT2D eigenvalue weighted by Gasteiger charge is -2.15. The SMILES string of the molecule is CN(C(=O)c1ccc(O)cc1)c1ccccn1. The second-order valence-electron chi connectivity index (χ2n) is 3.60. The van der Waals surface area contributed by atoms with Crippen molar-refractivity contribution in [2.24, 2.45) is 0 Å². The number of hydrogen-bond acceptors (Lipinski definition) is 3. The number of carbonyl (C=O) groups excluding carboxylic acids is 1.